The molecule has 2 aliphatic carbocycles. The highest BCUT2D eigenvalue weighted by molar-refractivity contribution is 5.44. The molecule has 0 heterocycles. The van der Waals surface area contributed by atoms with Gasteiger partial charge in [-0.15, -0.1) is 0 Å². The van der Waals surface area contributed by atoms with E-state index in [1.807, 2.05) is 0 Å². The van der Waals surface area contributed by atoms with E-state index in [-0.39, 0.29) is 0 Å². The minimum Gasteiger partial charge on any atom is -0.327 e. The Labute approximate surface area is 66.2 Å². The van der Waals surface area contributed by atoms with Crippen molar-refractivity contribution >= 4 is 0 Å². The number of fused-ring (bicyclic) bond motifs is 3. The Morgan fingerprint density at radius 1 is 1.27 bits per heavy atom. The second kappa shape index (κ2) is 1.67. The van der Waals surface area contributed by atoms with Crippen LogP contribution in [0.3, 0.4) is 0 Å². The standard InChI is InChI=1S/C10H11N/c11-10-8-5-6-3-1-2-4-7(6)9(8)10/h1-4,8-10H,5,11H2. The van der Waals surface area contributed by atoms with Crippen molar-refractivity contribution in [1.82, 2.24) is 0 Å². The van der Waals surface area contributed by atoms with Gasteiger partial charge in [-0.05, 0) is 23.5 Å². The first kappa shape index (κ1) is 5.78. The van der Waals surface area contributed by atoms with Crippen LogP contribution in [0.2, 0.25) is 0 Å². The van der Waals surface area contributed by atoms with Gasteiger partial charge in [0.05, 0.1) is 0 Å². The first-order valence-electron chi connectivity index (χ1n) is 4.21. The van der Waals surface area contributed by atoms with Crippen molar-refractivity contribution in [1.29, 1.82) is 0 Å². The number of hydrogen-bond acceptors (Lipinski definition) is 1. The van der Waals surface area contributed by atoms with Gasteiger partial charge in [-0.25, -0.2) is 0 Å². The fourth-order valence-corrected chi connectivity index (χ4v) is 2.40. The second-order valence-electron chi connectivity index (χ2n) is 3.67. The van der Waals surface area contributed by atoms with Crippen molar-refractivity contribution < 1.29 is 0 Å². The molecule has 0 aliphatic heterocycles. The van der Waals surface area contributed by atoms with E-state index in [0.717, 1.165) is 5.92 Å². The quantitative estimate of drug-likeness (QED) is 0.584. The molecule has 2 aliphatic rings. The maximum Gasteiger partial charge on any atom is 0.0149 e. The van der Waals surface area contributed by atoms with E-state index in [9.17, 15) is 0 Å². The lowest BCUT2D eigenvalue weighted by Gasteiger charge is -2.02. The van der Waals surface area contributed by atoms with Gasteiger partial charge in [0.25, 0.3) is 0 Å². The molecule has 0 saturated heterocycles. The van der Waals surface area contributed by atoms with Crippen LogP contribution in [0, 0.1) is 5.92 Å². The Bertz CT molecular complexity index is 305. The Kier molecular flexibility index (Phi) is 0.878. The molecule has 3 unspecified atom stereocenters. The van der Waals surface area contributed by atoms with Crippen molar-refractivity contribution in [3.05, 3.63) is 35.4 Å². The third kappa shape index (κ3) is 0.596. The minimum absolute atomic E-state index is 0.477. The third-order valence-electron chi connectivity index (χ3n) is 3.10. The summed E-state index contributed by atoms with van der Waals surface area (Å²) < 4.78 is 0. The van der Waals surface area contributed by atoms with Crippen molar-refractivity contribution in [3.8, 4) is 0 Å². The first-order valence-corrected chi connectivity index (χ1v) is 4.21. The molecule has 1 heteroatoms. The van der Waals surface area contributed by atoms with E-state index in [4.69, 9.17) is 5.73 Å². The van der Waals surface area contributed by atoms with Crippen LogP contribution in [0.1, 0.15) is 17.0 Å². The summed E-state index contributed by atoms with van der Waals surface area (Å²) in [5, 5.41) is 0. The van der Waals surface area contributed by atoms with Gasteiger partial charge in [0, 0.05) is 12.0 Å². The van der Waals surface area contributed by atoms with E-state index < -0.39 is 0 Å². The van der Waals surface area contributed by atoms with Gasteiger partial charge in [0.2, 0.25) is 0 Å². The van der Waals surface area contributed by atoms with E-state index >= 15 is 0 Å². The van der Waals surface area contributed by atoms with E-state index in [2.05, 4.69) is 24.3 Å². The van der Waals surface area contributed by atoms with Gasteiger partial charge < -0.3 is 5.73 Å². The van der Waals surface area contributed by atoms with Gasteiger partial charge in [-0.1, -0.05) is 24.3 Å². The topological polar surface area (TPSA) is 26.0 Å². The lowest BCUT2D eigenvalue weighted by molar-refractivity contribution is 0.801. The predicted octanol–water partition coefficient (Wildman–Crippen LogP) is 1.28. The van der Waals surface area contributed by atoms with Crippen LogP contribution in [0.5, 0.6) is 0 Å². The number of benzene rings is 1. The van der Waals surface area contributed by atoms with Crippen LogP contribution in [-0.2, 0) is 6.42 Å². The number of nitrogens with two attached hydrogens (primary N) is 1. The molecule has 56 valence electrons. The van der Waals surface area contributed by atoms with Gasteiger partial charge >= 0.3 is 0 Å². The molecule has 1 saturated carbocycles. The van der Waals surface area contributed by atoms with Gasteiger partial charge in [-0.3, -0.25) is 0 Å². The molecule has 3 rings (SSSR count). The summed E-state index contributed by atoms with van der Waals surface area (Å²) in [6, 6.07) is 9.17. The molecule has 3 atom stereocenters. The molecule has 1 aromatic carbocycles. The Hall–Kier alpha value is -0.820. The fourth-order valence-electron chi connectivity index (χ4n) is 2.40. The van der Waals surface area contributed by atoms with Crippen LogP contribution in [0.25, 0.3) is 0 Å². The molecule has 0 spiro atoms. The highest BCUT2D eigenvalue weighted by Crippen LogP contribution is 2.54. The van der Waals surface area contributed by atoms with Crippen LogP contribution < -0.4 is 5.73 Å². The Morgan fingerprint density at radius 3 is 3.00 bits per heavy atom. The summed E-state index contributed by atoms with van der Waals surface area (Å²) >= 11 is 0. The monoisotopic (exact) mass is 145 g/mol. The summed E-state index contributed by atoms with van der Waals surface area (Å²) in [5.74, 6) is 1.50. The Balaban J connectivity index is 2.13. The average Bonchev–Trinajstić information content (AvgIpc) is 2.55. The zero-order chi connectivity index (χ0) is 7.42. The van der Waals surface area contributed by atoms with E-state index in [0.29, 0.717) is 12.0 Å². The Morgan fingerprint density at radius 2 is 2.09 bits per heavy atom. The highest BCUT2D eigenvalue weighted by atomic mass is 14.8. The van der Waals surface area contributed by atoms with Crippen molar-refractivity contribution in [2.24, 2.45) is 11.7 Å². The van der Waals surface area contributed by atoms with Crippen molar-refractivity contribution in [2.75, 3.05) is 0 Å². The smallest absolute Gasteiger partial charge is 0.0149 e. The molecule has 11 heavy (non-hydrogen) atoms. The molecule has 0 aromatic heterocycles. The number of hydrogen-bond donors (Lipinski definition) is 1. The lowest BCUT2D eigenvalue weighted by Crippen LogP contribution is -2.08. The van der Waals surface area contributed by atoms with Gasteiger partial charge in [0.1, 0.15) is 0 Å². The zero-order valence-corrected chi connectivity index (χ0v) is 6.33. The van der Waals surface area contributed by atoms with Crippen LogP contribution in [0.15, 0.2) is 24.3 Å². The third-order valence-corrected chi connectivity index (χ3v) is 3.10. The molecule has 0 radical (unpaired) electrons. The molecule has 1 fully saturated rings. The summed E-state index contributed by atoms with van der Waals surface area (Å²) in [6.45, 7) is 0. The number of rotatable bonds is 0. The summed E-state index contributed by atoms with van der Waals surface area (Å²) in [6.07, 6.45) is 1.22. The normalized spacial score (nSPS) is 38.1. The van der Waals surface area contributed by atoms with E-state index in [1.54, 1.807) is 0 Å². The van der Waals surface area contributed by atoms with E-state index in [1.165, 1.54) is 17.5 Å². The fraction of sp³-hybridized carbons (Fsp3) is 0.400. The second-order valence-corrected chi connectivity index (χ2v) is 3.67. The first-order chi connectivity index (χ1) is 5.38. The van der Waals surface area contributed by atoms with Crippen molar-refractivity contribution in [3.63, 3.8) is 0 Å². The molecular weight excluding hydrogens is 134 g/mol. The maximum atomic E-state index is 5.89. The lowest BCUT2D eigenvalue weighted by atomic mass is 10.1. The van der Waals surface area contributed by atoms with Gasteiger partial charge in [0.15, 0.2) is 0 Å². The van der Waals surface area contributed by atoms with Crippen LogP contribution in [0.4, 0.5) is 0 Å². The van der Waals surface area contributed by atoms with Crippen LogP contribution in [-0.4, -0.2) is 6.04 Å². The molecule has 1 aromatic rings. The summed E-state index contributed by atoms with van der Waals surface area (Å²) in [5.41, 5.74) is 8.94. The molecule has 2 N–H and O–H groups in total. The molecule has 0 bridgehead atoms. The SMILES string of the molecule is NC1C2Cc3ccccc3C12. The molecule has 1 nitrogen and oxygen atoms in total. The van der Waals surface area contributed by atoms with Gasteiger partial charge in [-0.2, -0.15) is 0 Å². The summed E-state index contributed by atoms with van der Waals surface area (Å²) in [4.78, 5) is 0. The average molecular weight is 145 g/mol. The maximum absolute atomic E-state index is 5.89. The zero-order valence-electron chi connectivity index (χ0n) is 6.33. The van der Waals surface area contributed by atoms with Crippen LogP contribution >= 0.6 is 0 Å². The minimum atomic E-state index is 0.477. The predicted molar refractivity (Wildman–Crippen MR) is 44.4 cm³/mol. The van der Waals surface area contributed by atoms with Crippen molar-refractivity contribution in [2.45, 2.75) is 18.4 Å². The largest absolute Gasteiger partial charge is 0.327 e. The highest BCUT2D eigenvalue weighted by Gasteiger charge is 2.53. The summed E-state index contributed by atoms with van der Waals surface area (Å²) in [7, 11) is 0. The molecular formula is C10H11N. The molecule has 0 amide bonds.